The van der Waals surface area contributed by atoms with Crippen molar-refractivity contribution in [1.82, 2.24) is 0 Å². The molecule has 13 heavy (non-hydrogen) atoms. The number of carbonyl (C=O) groups is 1. The van der Waals surface area contributed by atoms with Crippen LogP contribution in [0.1, 0.15) is 34.6 Å². The molecule has 0 N–H and O–H groups in total. The first-order chi connectivity index (χ1) is 5.66. The van der Waals surface area contributed by atoms with E-state index in [1.165, 1.54) is 0 Å². The van der Waals surface area contributed by atoms with Gasteiger partial charge in [0, 0.05) is 5.33 Å². The van der Waals surface area contributed by atoms with Crippen LogP contribution in [0.3, 0.4) is 0 Å². The fourth-order valence-corrected chi connectivity index (χ4v) is 0.638. The van der Waals surface area contributed by atoms with Gasteiger partial charge in [-0.1, -0.05) is 15.9 Å². The van der Waals surface area contributed by atoms with E-state index in [0.29, 0.717) is 5.33 Å². The molecule has 0 aliphatic heterocycles. The highest BCUT2D eigenvalue weighted by Gasteiger charge is 2.25. The first-order valence-corrected chi connectivity index (χ1v) is 5.26. The monoisotopic (exact) mass is 252 g/mol. The summed E-state index contributed by atoms with van der Waals surface area (Å²) in [7, 11) is 0. The standard InChI is InChI=1S/C9H17BrO3/c1-8(2,3)12-7(11)13-9(4,5)6-10/h6H2,1-5H3. The lowest BCUT2D eigenvalue weighted by atomic mass is 10.2. The van der Waals surface area contributed by atoms with Gasteiger partial charge in [0.15, 0.2) is 0 Å². The lowest BCUT2D eigenvalue weighted by Gasteiger charge is -2.25. The Morgan fingerprint density at radius 3 is 1.92 bits per heavy atom. The summed E-state index contributed by atoms with van der Waals surface area (Å²) in [6.07, 6.45) is -0.628. The van der Waals surface area contributed by atoms with Gasteiger partial charge in [0.1, 0.15) is 11.2 Å². The average Bonchev–Trinajstić information content (AvgIpc) is 1.81. The van der Waals surface area contributed by atoms with Crippen LogP contribution in [-0.2, 0) is 9.47 Å². The summed E-state index contributed by atoms with van der Waals surface area (Å²) in [5.74, 6) is 0. The summed E-state index contributed by atoms with van der Waals surface area (Å²) >= 11 is 3.25. The normalized spacial score (nSPS) is 12.5. The minimum Gasteiger partial charge on any atom is -0.429 e. The minimum atomic E-state index is -0.628. The Hall–Kier alpha value is -0.250. The van der Waals surface area contributed by atoms with Crippen molar-refractivity contribution in [2.24, 2.45) is 0 Å². The minimum absolute atomic E-state index is 0.501. The molecule has 0 aliphatic carbocycles. The zero-order valence-electron chi connectivity index (χ0n) is 8.81. The fourth-order valence-electron chi connectivity index (χ4n) is 0.524. The van der Waals surface area contributed by atoms with Crippen LogP contribution >= 0.6 is 15.9 Å². The van der Waals surface area contributed by atoms with E-state index in [-0.39, 0.29) is 0 Å². The zero-order chi connectivity index (χ0) is 10.7. The van der Waals surface area contributed by atoms with Crippen molar-refractivity contribution in [2.45, 2.75) is 45.8 Å². The molecule has 0 spiro atoms. The third-order valence-electron chi connectivity index (χ3n) is 1.07. The van der Waals surface area contributed by atoms with Gasteiger partial charge in [-0.3, -0.25) is 0 Å². The van der Waals surface area contributed by atoms with E-state index in [2.05, 4.69) is 15.9 Å². The molecular weight excluding hydrogens is 236 g/mol. The van der Waals surface area contributed by atoms with Crippen molar-refractivity contribution in [3.63, 3.8) is 0 Å². The molecule has 4 heteroatoms. The number of hydrogen-bond donors (Lipinski definition) is 0. The summed E-state index contributed by atoms with van der Waals surface area (Å²) < 4.78 is 10.0. The maximum Gasteiger partial charge on any atom is 0.509 e. The largest absolute Gasteiger partial charge is 0.509 e. The van der Waals surface area contributed by atoms with Gasteiger partial charge in [0.25, 0.3) is 0 Å². The van der Waals surface area contributed by atoms with Crippen LogP contribution < -0.4 is 0 Å². The van der Waals surface area contributed by atoms with E-state index in [4.69, 9.17) is 9.47 Å². The van der Waals surface area contributed by atoms with Gasteiger partial charge in [-0.25, -0.2) is 4.79 Å². The van der Waals surface area contributed by atoms with Crippen molar-refractivity contribution in [3.05, 3.63) is 0 Å². The first kappa shape index (κ1) is 12.8. The lowest BCUT2D eigenvalue weighted by molar-refractivity contribution is -0.0449. The van der Waals surface area contributed by atoms with Crippen molar-refractivity contribution in [3.8, 4) is 0 Å². The van der Waals surface area contributed by atoms with E-state index < -0.39 is 17.4 Å². The molecule has 3 nitrogen and oxygen atoms in total. The molecule has 0 aromatic carbocycles. The number of ether oxygens (including phenoxy) is 2. The van der Waals surface area contributed by atoms with E-state index >= 15 is 0 Å². The molecule has 0 fully saturated rings. The Morgan fingerprint density at radius 2 is 1.62 bits per heavy atom. The third-order valence-corrected chi connectivity index (χ3v) is 2.42. The van der Waals surface area contributed by atoms with Gasteiger partial charge in [0.2, 0.25) is 0 Å². The van der Waals surface area contributed by atoms with Gasteiger partial charge in [-0.2, -0.15) is 0 Å². The number of hydrogen-bond acceptors (Lipinski definition) is 3. The van der Waals surface area contributed by atoms with Crippen LogP contribution in [0.15, 0.2) is 0 Å². The average molecular weight is 253 g/mol. The summed E-state index contributed by atoms with van der Waals surface area (Å²) in [5, 5.41) is 0.583. The molecule has 0 saturated carbocycles. The van der Waals surface area contributed by atoms with Crippen molar-refractivity contribution < 1.29 is 14.3 Å². The Labute approximate surface area is 87.9 Å². The highest BCUT2D eigenvalue weighted by atomic mass is 79.9. The van der Waals surface area contributed by atoms with Gasteiger partial charge in [-0.15, -0.1) is 0 Å². The highest BCUT2D eigenvalue weighted by Crippen LogP contribution is 2.16. The van der Waals surface area contributed by atoms with Gasteiger partial charge >= 0.3 is 6.16 Å². The summed E-state index contributed by atoms with van der Waals surface area (Å²) in [6.45, 7) is 9.03. The molecule has 0 bridgehead atoms. The summed E-state index contributed by atoms with van der Waals surface area (Å²) in [4.78, 5) is 11.2. The smallest absolute Gasteiger partial charge is 0.429 e. The van der Waals surface area contributed by atoms with E-state index in [0.717, 1.165) is 0 Å². The molecule has 0 radical (unpaired) electrons. The van der Waals surface area contributed by atoms with Crippen molar-refractivity contribution >= 4 is 22.1 Å². The van der Waals surface area contributed by atoms with Crippen LogP contribution in [0.25, 0.3) is 0 Å². The van der Waals surface area contributed by atoms with Crippen LogP contribution in [0, 0.1) is 0 Å². The number of carbonyl (C=O) groups excluding carboxylic acids is 1. The molecule has 78 valence electrons. The molecular formula is C9H17BrO3. The van der Waals surface area contributed by atoms with Gasteiger partial charge < -0.3 is 9.47 Å². The molecule has 0 amide bonds. The Balaban J connectivity index is 4.03. The number of halogens is 1. The first-order valence-electron chi connectivity index (χ1n) is 4.14. The summed E-state index contributed by atoms with van der Waals surface area (Å²) in [5.41, 5.74) is -1.03. The predicted octanol–water partition coefficient (Wildman–Crippen LogP) is 3.11. The van der Waals surface area contributed by atoms with Crippen molar-refractivity contribution in [1.29, 1.82) is 0 Å². The van der Waals surface area contributed by atoms with Crippen LogP contribution in [-0.4, -0.2) is 22.7 Å². The molecule has 0 aromatic rings. The predicted molar refractivity (Wildman–Crippen MR) is 55.2 cm³/mol. The zero-order valence-corrected chi connectivity index (χ0v) is 10.4. The summed E-state index contributed by atoms with van der Waals surface area (Å²) in [6, 6.07) is 0. The molecule has 0 saturated heterocycles. The second-order valence-electron chi connectivity index (χ2n) is 4.46. The lowest BCUT2D eigenvalue weighted by Crippen LogP contribution is -2.33. The maximum absolute atomic E-state index is 11.2. The van der Waals surface area contributed by atoms with Crippen LogP contribution in [0.5, 0.6) is 0 Å². The number of rotatable bonds is 2. The molecule has 0 heterocycles. The second-order valence-corrected chi connectivity index (χ2v) is 5.02. The van der Waals surface area contributed by atoms with Gasteiger partial charge in [-0.05, 0) is 34.6 Å². The van der Waals surface area contributed by atoms with Crippen LogP contribution in [0.2, 0.25) is 0 Å². The fraction of sp³-hybridized carbons (Fsp3) is 0.889. The van der Waals surface area contributed by atoms with E-state index in [1.807, 2.05) is 13.8 Å². The molecule has 0 rings (SSSR count). The third kappa shape index (κ3) is 6.87. The van der Waals surface area contributed by atoms with Gasteiger partial charge in [0.05, 0.1) is 0 Å². The Kier molecular flexibility index (Phi) is 4.23. The SMILES string of the molecule is CC(C)(C)OC(=O)OC(C)(C)CBr. The number of alkyl halides is 1. The molecule has 0 atom stereocenters. The Bertz CT molecular complexity index is 182. The molecule has 0 aromatic heterocycles. The topological polar surface area (TPSA) is 35.5 Å². The Morgan fingerprint density at radius 1 is 1.15 bits per heavy atom. The van der Waals surface area contributed by atoms with E-state index in [9.17, 15) is 4.79 Å². The second kappa shape index (κ2) is 4.31. The maximum atomic E-state index is 11.2. The van der Waals surface area contributed by atoms with Crippen LogP contribution in [0.4, 0.5) is 4.79 Å². The van der Waals surface area contributed by atoms with E-state index in [1.54, 1.807) is 20.8 Å². The molecule has 0 aliphatic rings. The van der Waals surface area contributed by atoms with Crippen molar-refractivity contribution in [2.75, 3.05) is 5.33 Å². The molecule has 0 unspecified atom stereocenters. The highest BCUT2D eigenvalue weighted by molar-refractivity contribution is 9.09. The quantitative estimate of drug-likeness (QED) is 0.560.